The van der Waals surface area contributed by atoms with Crippen LogP contribution in [0.1, 0.15) is 5.56 Å². The maximum absolute atomic E-state index is 12.7. The van der Waals surface area contributed by atoms with Crippen molar-refractivity contribution in [1.82, 2.24) is 4.98 Å². The van der Waals surface area contributed by atoms with E-state index in [0.29, 0.717) is 0 Å². The Balaban J connectivity index is 2.86. The Morgan fingerprint density at radius 1 is 1.33 bits per heavy atom. The third-order valence-corrected chi connectivity index (χ3v) is 1.88. The molecule has 12 heavy (non-hydrogen) atoms. The van der Waals surface area contributed by atoms with Crippen LogP contribution in [-0.4, -0.2) is 4.98 Å². The number of fused-ring (bicyclic) bond motifs is 1. The minimum Gasteiger partial charge on any atom is -0.253 e. The molecule has 1 aromatic carbocycles. The van der Waals surface area contributed by atoms with Gasteiger partial charge in [-0.2, -0.15) is 0 Å². The molecule has 0 saturated heterocycles. The number of aryl methyl sites for hydroxylation is 1. The molecule has 0 aliphatic heterocycles. The van der Waals surface area contributed by atoms with Gasteiger partial charge in [0, 0.05) is 5.39 Å². The lowest BCUT2D eigenvalue weighted by atomic mass is 10.1. The monoisotopic (exact) mass is 161 g/mol. The van der Waals surface area contributed by atoms with E-state index < -0.39 is 0 Å². The summed E-state index contributed by atoms with van der Waals surface area (Å²) in [5.41, 5.74) is 1.95. The Morgan fingerprint density at radius 2 is 2.17 bits per heavy atom. The van der Waals surface area contributed by atoms with Crippen LogP contribution in [0.25, 0.3) is 10.9 Å². The summed E-state index contributed by atoms with van der Waals surface area (Å²) in [6, 6.07) is 7.22. The van der Waals surface area contributed by atoms with Crippen LogP contribution in [0.2, 0.25) is 0 Å². The highest BCUT2D eigenvalue weighted by molar-refractivity contribution is 5.81. The fraction of sp³-hybridized carbons (Fsp3) is 0.100. The molecule has 2 aromatic rings. The van der Waals surface area contributed by atoms with Gasteiger partial charge >= 0.3 is 0 Å². The van der Waals surface area contributed by atoms with Crippen LogP contribution in [0, 0.1) is 12.7 Å². The van der Waals surface area contributed by atoms with E-state index in [2.05, 4.69) is 4.98 Å². The largest absolute Gasteiger partial charge is 0.253 e. The van der Waals surface area contributed by atoms with Gasteiger partial charge in [0.15, 0.2) is 0 Å². The Hall–Kier alpha value is -1.44. The van der Waals surface area contributed by atoms with Crippen molar-refractivity contribution in [3.63, 3.8) is 0 Å². The third-order valence-electron chi connectivity index (χ3n) is 1.88. The number of pyridine rings is 1. The van der Waals surface area contributed by atoms with Gasteiger partial charge in [0.1, 0.15) is 5.82 Å². The zero-order valence-corrected chi connectivity index (χ0v) is 6.71. The quantitative estimate of drug-likeness (QED) is 0.578. The molecule has 0 atom stereocenters. The van der Waals surface area contributed by atoms with E-state index in [-0.39, 0.29) is 5.82 Å². The lowest BCUT2D eigenvalue weighted by Gasteiger charge is -1.99. The lowest BCUT2D eigenvalue weighted by Crippen LogP contribution is -1.84. The maximum Gasteiger partial charge on any atom is 0.142 e. The summed E-state index contributed by atoms with van der Waals surface area (Å²) < 4.78 is 12.7. The number of halogens is 1. The highest BCUT2D eigenvalue weighted by Gasteiger charge is 1.98. The number of hydrogen-bond donors (Lipinski definition) is 0. The molecule has 0 radical (unpaired) electrons. The summed E-state index contributed by atoms with van der Waals surface area (Å²) in [6.45, 7) is 1.97. The van der Waals surface area contributed by atoms with Gasteiger partial charge < -0.3 is 0 Å². The smallest absolute Gasteiger partial charge is 0.142 e. The van der Waals surface area contributed by atoms with Crippen molar-refractivity contribution in [1.29, 1.82) is 0 Å². The Kier molecular flexibility index (Phi) is 1.54. The summed E-state index contributed by atoms with van der Waals surface area (Å²) in [4.78, 5) is 4.01. The highest BCUT2D eigenvalue weighted by atomic mass is 19.1. The van der Waals surface area contributed by atoms with Crippen molar-refractivity contribution < 1.29 is 4.39 Å². The number of hydrogen-bond acceptors (Lipinski definition) is 1. The van der Waals surface area contributed by atoms with Crippen molar-refractivity contribution >= 4 is 10.9 Å². The molecule has 0 aliphatic carbocycles. The van der Waals surface area contributed by atoms with Crippen molar-refractivity contribution in [2.45, 2.75) is 6.92 Å². The van der Waals surface area contributed by atoms with Crippen LogP contribution in [0.15, 0.2) is 30.5 Å². The summed E-state index contributed by atoms with van der Waals surface area (Å²) in [5, 5.41) is 0.856. The molecule has 1 nitrogen and oxygen atoms in total. The van der Waals surface area contributed by atoms with Gasteiger partial charge in [-0.1, -0.05) is 18.2 Å². The van der Waals surface area contributed by atoms with E-state index in [9.17, 15) is 4.39 Å². The fourth-order valence-corrected chi connectivity index (χ4v) is 1.29. The molecule has 1 heterocycles. The van der Waals surface area contributed by atoms with E-state index >= 15 is 0 Å². The molecule has 0 N–H and O–H groups in total. The molecule has 0 fully saturated rings. The predicted octanol–water partition coefficient (Wildman–Crippen LogP) is 2.68. The maximum atomic E-state index is 12.7. The standard InChI is InChI=1S/C10H8FN/c1-7-3-2-4-8-5-9(11)6-12-10(7)8/h2-6H,1H3. The van der Waals surface area contributed by atoms with E-state index in [1.165, 1.54) is 12.3 Å². The van der Waals surface area contributed by atoms with Gasteiger partial charge in [-0.05, 0) is 18.6 Å². The first-order valence-corrected chi connectivity index (χ1v) is 3.78. The number of rotatable bonds is 0. The van der Waals surface area contributed by atoms with Gasteiger partial charge in [0.05, 0.1) is 11.7 Å². The topological polar surface area (TPSA) is 12.9 Å². The molecular weight excluding hydrogens is 153 g/mol. The first-order valence-electron chi connectivity index (χ1n) is 3.78. The highest BCUT2D eigenvalue weighted by Crippen LogP contribution is 2.15. The van der Waals surface area contributed by atoms with E-state index in [1.54, 1.807) is 0 Å². The van der Waals surface area contributed by atoms with Crippen molar-refractivity contribution in [3.05, 3.63) is 41.8 Å². The second-order valence-corrected chi connectivity index (χ2v) is 2.80. The predicted molar refractivity (Wildman–Crippen MR) is 46.4 cm³/mol. The number of nitrogens with zero attached hydrogens (tertiary/aromatic N) is 1. The number of para-hydroxylation sites is 1. The summed E-state index contributed by atoms with van der Waals surface area (Å²) in [5.74, 6) is -0.284. The van der Waals surface area contributed by atoms with E-state index in [4.69, 9.17) is 0 Å². The van der Waals surface area contributed by atoms with Crippen LogP contribution >= 0.6 is 0 Å². The molecule has 60 valence electrons. The molecule has 0 amide bonds. The molecule has 1 aromatic heterocycles. The molecule has 0 unspecified atom stereocenters. The van der Waals surface area contributed by atoms with Crippen LogP contribution in [-0.2, 0) is 0 Å². The summed E-state index contributed by atoms with van der Waals surface area (Å²) >= 11 is 0. The molecule has 0 aliphatic rings. The zero-order valence-electron chi connectivity index (χ0n) is 6.71. The first kappa shape index (κ1) is 7.22. The first-order chi connectivity index (χ1) is 5.77. The van der Waals surface area contributed by atoms with Crippen LogP contribution in [0.5, 0.6) is 0 Å². The van der Waals surface area contributed by atoms with Gasteiger partial charge in [-0.15, -0.1) is 0 Å². The van der Waals surface area contributed by atoms with Gasteiger partial charge in [0.2, 0.25) is 0 Å². The van der Waals surface area contributed by atoms with Gasteiger partial charge in [0.25, 0.3) is 0 Å². The Labute approximate surface area is 69.9 Å². The lowest BCUT2D eigenvalue weighted by molar-refractivity contribution is 0.624. The summed E-state index contributed by atoms with van der Waals surface area (Å²) in [7, 11) is 0. The fourth-order valence-electron chi connectivity index (χ4n) is 1.29. The molecule has 2 heteroatoms. The van der Waals surface area contributed by atoms with Gasteiger partial charge in [-0.25, -0.2) is 4.39 Å². The normalized spacial score (nSPS) is 10.5. The average Bonchev–Trinajstić information content (AvgIpc) is 2.04. The Bertz CT molecular complexity index is 423. The average molecular weight is 161 g/mol. The minimum atomic E-state index is -0.284. The number of benzene rings is 1. The van der Waals surface area contributed by atoms with Crippen molar-refractivity contribution in [2.75, 3.05) is 0 Å². The SMILES string of the molecule is Cc1cccc2cc(F)cnc12. The minimum absolute atomic E-state index is 0.284. The Morgan fingerprint density at radius 3 is 3.00 bits per heavy atom. The van der Waals surface area contributed by atoms with Crippen molar-refractivity contribution in [2.24, 2.45) is 0 Å². The van der Waals surface area contributed by atoms with Crippen molar-refractivity contribution in [3.8, 4) is 0 Å². The molecular formula is C10H8FN. The second kappa shape index (κ2) is 2.55. The molecule has 0 saturated carbocycles. The van der Waals surface area contributed by atoms with Crippen LogP contribution in [0.3, 0.4) is 0 Å². The van der Waals surface area contributed by atoms with Crippen LogP contribution in [0.4, 0.5) is 4.39 Å². The zero-order chi connectivity index (χ0) is 8.55. The van der Waals surface area contributed by atoms with E-state index in [1.807, 2.05) is 25.1 Å². The van der Waals surface area contributed by atoms with Crippen LogP contribution < -0.4 is 0 Å². The molecule has 2 rings (SSSR count). The number of aromatic nitrogens is 1. The van der Waals surface area contributed by atoms with E-state index in [0.717, 1.165) is 16.5 Å². The third kappa shape index (κ3) is 1.05. The molecule has 0 spiro atoms. The van der Waals surface area contributed by atoms with Gasteiger partial charge in [-0.3, -0.25) is 4.98 Å². The summed E-state index contributed by atoms with van der Waals surface area (Å²) in [6.07, 6.45) is 1.25. The molecule has 0 bridgehead atoms. The second-order valence-electron chi connectivity index (χ2n) is 2.80.